The van der Waals surface area contributed by atoms with Crippen LogP contribution in [0.15, 0.2) is 18.3 Å². The molecule has 0 saturated carbocycles. The molecule has 2 fully saturated rings. The molecular weight excluding hydrogens is 278 g/mol. The lowest BCUT2D eigenvalue weighted by Gasteiger charge is -2.49. The fourth-order valence-electron chi connectivity index (χ4n) is 3.64. The van der Waals surface area contributed by atoms with Crippen molar-refractivity contribution in [3.63, 3.8) is 0 Å². The molecule has 1 amide bonds. The smallest absolute Gasteiger partial charge is 0.220 e. The molecule has 2 aliphatic heterocycles. The molecule has 0 aliphatic carbocycles. The van der Waals surface area contributed by atoms with Gasteiger partial charge in [0.2, 0.25) is 5.91 Å². The predicted octanol–water partition coefficient (Wildman–Crippen LogP) is 0.450. The monoisotopic (exact) mass is 303 g/mol. The van der Waals surface area contributed by atoms with Crippen LogP contribution >= 0.6 is 0 Å². The van der Waals surface area contributed by atoms with Crippen LogP contribution in [0.1, 0.15) is 24.8 Å². The van der Waals surface area contributed by atoms with Crippen LogP contribution in [-0.4, -0.2) is 59.5 Å². The van der Waals surface area contributed by atoms with Gasteiger partial charge in [0, 0.05) is 56.4 Å². The number of amides is 1. The van der Waals surface area contributed by atoms with Crippen LogP contribution in [0.4, 0.5) is 5.82 Å². The third-order valence-corrected chi connectivity index (χ3v) is 5.13. The number of carbonyl (C=O) groups is 1. The highest BCUT2D eigenvalue weighted by atomic mass is 16.1. The zero-order valence-corrected chi connectivity index (χ0v) is 13.2. The van der Waals surface area contributed by atoms with Crippen molar-refractivity contribution >= 4 is 11.7 Å². The van der Waals surface area contributed by atoms with Crippen molar-refractivity contribution in [1.29, 1.82) is 0 Å². The van der Waals surface area contributed by atoms with E-state index < -0.39 is 0 Å². The summed E-state index contributed by atoms with van der Waals surface area (Å²) in [7, 11) is 2.19. The van der Waals surface area contributed by atoms with Crippen LogP contribution < -0.4 is 11.1 Å². The minimum absolute atomic E-state index is 0.0916. The van der Waals surface area contributed by atoms with Crippen LogP contribution in [-0.2, 0) is 11.3 Å². The van der Waals surface area contributed by atoms with E-state index in [0.29, 0.717) is 12.2 Å². The molecule has 6 nitrogen and oxygen atoms in total. The Balaban J connectivity index is 1.73. The standard InChI is InChI=1S/C16H25N5O/c1-20-9-10-21(11-13-3-2-7-19-15(13)17)12-16(20)5-4-14(22)18-8-6-16/h2-3,7H,4-6,8-12H2,1H3,(H2,17,19)(H,18,22)/t16-/m0/s1. The SMILES string of the molecule is CN1CCN(Cc2cccnc2N)C[C@]12CCNC(=O)CC2. The molecule has 0 aromatic carbocycles. The van der Waals surface area contributed by atoms with Crippen molar-refractivity contribution in [3.8, 4) is 0 Å². The third kappa shape index (κ3) is 3.08. The maximum atomic E-state index is 11.7. The molecule has 0 radical (unpaired) electrons. The Hall–Kier alpha value is -1.66. The molecule has 0 unspecified atom stereocenters. The van der Waals surface area contributed by atoms with Gasteiger partial charge in [0.25, 0.3) is 0 Å². The van der Waals surface area contributed by atoms with Gasteiger partial charge in [0.1, 0.15) is 5.82 Å². The van der Waals surface area contributed by atoms with Crippen molar-refractivity contribution in [2.45, 2.75) is 31.3 Å². The van der Waals surface area contributed by atoms with Gasteiger partial charge in [-0.05, 0) is 26.0 Å². The molecular formula is C16H25N5O. The fraction of sp³-hybridized carbons (Fsp3) is 0.625. The van der Waals surface area contributed by atoms with E-state index in [2.05, 4.69) is 27.1 Å². The highest BCUT2D eigenvalue weighted by Gasteiger charge is 2.40. The van der Waals surface area contributed by atoms with Crippen molar-refractivity contribution in [3.05, 3.63) is 23.9 Å². The minimum Gasteiger partial charge on any atom is -0.383 e. The predicted molar refractivity (Wildman–Crippen MR) is 86.1 cm³/mol. The molecule has 1 spiro atoms. The van der Waals surface area contributed by atoms with Gasteiger partial charge >= 0.3 is 0 Å². The number of hydrogen-bond acceptors (Lipinski definition) is 5. The van der Waals surface area contributed by atoms with E-state index in [4.69, 9.17) is 5.73 Å². The first-order valence-electron chi connectivity index (χ1n) is 7.99. The number of nitrogens with zero attached hydrogens (tertiary/aromatic N) is 3. The molecule has 3 N–H and O–H groups in total. The molecule has 3 rings (SSSR count). The van der Waals surface area contributed by atoms with Gasteiger partial charge in [-0.1, -0.05) is 6.07 Å². The summed E-state index contributed by atoms with van der Waals surface area (Å²) in [5.41, 5.74) is 7.15. The average molecular weight is 303 g/mol. The number of nitrogen functional groups attached to an aromatic ring is 1. The van der Waals surface area contributed by atoms with Crippen molar-refractivity contribution in [2.75, 3.05) is 39.0 Å². The summed E-state index contributed by atoms with van der Waals surface area (Å²) >= 11 is 0. The van der Waals surface area contributed by atoms with Gasteiger partial charge in [-0.3, -0.25) is 14.6 Å². The molecule has 120 valence electrons. The summed E-state index contributed by atoms with van der Waals surface area (Å²) in [6.45, 7) is 4.62. The van der Waals surface area contributed by atoms with Crippen LogP contribution in [0.25, 0.3) is 0 Å². The molecule has 1 atom stereocenters. The number of piperazine rings is 1. The summed E-state index contributed by atoms with van der Waals surface area (Å²) in [5.74, 6) is 0.798. The second-order valence-electron chi connectivity index (χ2n) is 6.50. The molecule has 22 heavy (non-hydrogen) atoms. The van der Waals surface area contributed by atoms with Gasteiger partial charge in [-0.15, -0.1) is 0 Å². The Labute approximate surface area is 131 Å². The first kappa shape index (κ1) is 15.2. The van der Waals surface area contributed by atoms with Crippen LogP contribution in [0.5, 0.6) is 0 Å². The van der Waals surface area contributed by atoms with E-state index in [-0.39, 0.29) is 11.4 Å². The molecule has 6 heteroatoms. The lowest BCUT2D eigenvalue weighted by Crippen LogP contribution is -2.60. The van der Waals surface area contributed by atoms with Crippen molar-refractivity contribution < 1.29 is 4.79 Å². The molecule has 2 aliphatic rings. The number of likely N-dealkylation sites (N-methyl/N-ethyl adjacent to an activating group) is 1. The van der Waals surface area contributed by atoms with Crippen LogP contribution in [0.3, 0.4) is 0 Å². The number of carbonyl (C=O) groups excluding carboxylic acids is 1. The summed E-state index contributed by atoms with van der Waals surface area (Å²) in [6.07, 6.45) is 4.28. The van der Waals surface area contributed by atoms with E-state index in [1.54, 1.807) is 6.20 Å². The van der Waals surface area contributed by atoms with Gasteiger partial charge in [0.05, 0.1) is 0 Å². The number of nitrogens with two attached hydrogens (primary N) is 1. The largest absolute Gasteiger partial charge is 0.383 e. The van der Waals surface area contributed by atoms with E-state index >= 15 is 0 Å². The maximum Gasteiger partial charge on any atom is 0.220 e. The van der Waals surface area contributed by atoms with Crippen LogP contribution in [0.2, 0.25) is 0 Å². The first-order chi connectivity index (χ1) is 10.6. The lowest BCUT2D eigenvalue weighted by molar-refractivity contribution is -0.121. The first-order valence-corrected chi connectivity index (χ1v) is 7.99. The van der Waals surface area contributed by atoms with E-state index in [0.717, 1.165) is 51.1 Å². The topological polar surface area (TPSA) is 74.5 Å². The molecule has 3 heterocycles. The van der Waals surface area contributed by atoms with Crippen LogP contribution in [0, 0.1) is 0 Å². The minimum atomic E-state index is 0.0916. The molecule has 0 bridgehead atoms. The number of pyridine rings is 1. The maximum absolute atomic E-state index is 11.7. The second kappa shape index (κ2) is 6.22. The van der Waals surface area contributed by atoms with Crippen molar-refractivity contribution in [2.24, 2.45) is 0 Å². The number of rotatable bonds is 2. The highest BCUT2D eigenvalue weighted by molar-refractivity contribution is 5.76. The fourth-order valence-corrected chi connectivity index (χ4v) is 3.64. The summed E-state index contributed by atoms with van der Waals surface area (Å²) in [6, 6.07) is 3.98. The zero-order chi connectivity index (χ0) is 15.6. The normalized spacial score (nSPS) is 27.6. The second-order valence-corrected chi connectivity index (χ2v) is 6.50. The number of nitrogens with one attached hydrogen (secondary N) is 1. The summed E-state index contributed by atoms with van der Waals surface area (Å²) < 4.78 is 0. The average Bonchev–Trinajstić information content (AvgIpc) is 2.69. The Morgan fingerprint density at radius 3 is 3.09 bits per heavy atom. The highest BCUT2D eigenvalue weighted by Crippen LogP contribution is 2.31. The molecule has 1 aromatic rings. The van der Waals surface area contributed by atoms with Gasteiger partial charge in [0.15, 0.2) is 0 Å². The molecule has 2 saturated heterocycles. The zero-order valence-electron chi connectivity index (χ0n) is 13.2. The Morgan fingerprint density at radius 1 is 1.41 bits per heavy atom. The Morgan fingerprint density at radius 2 is 2.27 bits per heavy atom. The van der Waals surface area contributed by atoms with E-state index in [1.165, 1.54) is 0 Å². The number of aromatic nitrogens is 1. The Kier molecular flexibility index (Phi) is 4.31. The lowest BCUT2D eigenvalue weighted by atomic mass is 9.86. The Bertz CT molecular complexity index is 549. The van der Waals surface area contributed by atoms with Gasteiger partial charge in [-0.2, -0.15) is 0 Å². The van der Waals surface area contributed by atoms with Gasteiger partial charge < -0.3 is 11.1 Å². The summed E-state index contributed by atoms with van der Waals surface area (Å²) in [5, 5.41) is 3.00. The number of hydrogen-bond donors (Lipinski definition) is 2. The summed E-state index contributed by atoms with van der Waals surface area (Å²) in [4.78, 5) is 20.7. The quantitative estimate of drug-likeness (QED) is 0.830. The van der Waals surface area contributed by atoms with Gasteiger partial charge in [-0.25, -0.2) is 4.98 Å². The van der Waals surface area contributed by atoms with E-state index in [9.17, 15) is 4.79 Å². The molecule has 1 aromatic heterocycles. The van der Waals surface area contributed by atoms with E-state index in [1.807, 2.05) is 12.1 Å². The number of anilines is 1. The van der Waals surface area contributed by atoms with Crippen molar-refractivity contribution in [1.82, 2.24) is 20.1 Å². The third-order valence-electron chi connectivity index (χ3n) is 5.13.